The van der Waals surface area contributed by atoms with Gasteiger partial charge in [0.25, 0.3) is 11.8 Å². The lowest BCUT2D eigenvalue weighted by atomic mass is 9.89. The van der Waals surface area contributed by atoms with E-state index in [4.69, 9.17) is 0 Å². The molecule has 0 bridgehead atoms. The Morgan fingerprint density at radius 1 is 0.238 bits per heavy atom. The molecule has 2 N–H and O–H groups in total. The van der Waals surface area contributed by atoms with Crippen molar-refractivity contribution in [3.63, 3.8) is 0 Å². The first-order valence-corrected chi connectivity index (χ1v) is 15.0. The Bertz CT molecular complexity index is 1490. The van der Waals surface area contributed by atoms with Gasteiger partial charge in [-0.25, -0.2) is 0 Å². The standard InChI is InChI=1S/C25H16F34N2O2/c26-10(27,12(30,31)14(34,35)16(38,39)18(42,43)20(46,47)22(50,51)24(54,55)56)8(62)60-6-4-2-1-3-5-7-61-9(63)11(28,29)13(32,33)15(36,37)17(40,41)19(44,45)21(48,49)23(52,53)25(57,58)59/h1-7H2,(H,60,62)(H,61,63). The number of hydrogen-bond acceptors (Lipinski definition) is 2. The number of alkyl halides is 34. The van der Waals surface area contributed by atoms with Crippen LogP contribution in [0.5, 0.6) is 0 Å². The molecular formula is C25H16F34N2O2. The molecule has 0 aromatic rings. The van der Waals surface area contributed by atoms with Crippen molar-refractivity contribution in [2.75, 3.05) is 13.1 Å². The minimum Gasteiger partial charge on any atom is -0.351 e. The van der Waals surface area contributed by atoms with Crippen molar-refractivity contribution in [3.8, 4) is 0 Å². The fraction of sp³-hybridized carbons (Fsp3) is 0.920. The van der Waals surface area contributed by atoms with Gasteiger partial charge in [-0.05, 0) is 12.8 Å². The van der Waals surface area contributed by atoms with E-state index in [1.165, 1.54) is 0 Å². The fourth-order valence-electron chi connectivity index (χ4n) is 4.02. The van der Waals surface area contributed by atoms with Gasteiger partial charge in [0.05, 0.1) is 0 Å². The minimum absolute atomic E-state index is 0.514. The summed E-state index contributed by atoms with van der Waals surface area (Å²) in [6.45, 7) is -3.12. The number of halogens is 34. The predicted octanol–water partition coefficient (Wildman–Crippen LogP) is 11.2. The van der Waals surface area contributed by atoms with Crippen LogP contribution in [0.4, 0.5) is 149 Å². The monoisotopic (exact) mass is 1020 g/mol. The Labute approximate surface area is 323 Å². The van der Waals surface area contributed by atoms with Crippen LogP contribution >= 0.6 is 0 Å². The van der Waals surface area contributed by atoms with Gasteiger partial charge in [0.2, 0.25) is 0 Å². The molecule has 0 unspecified atom stereocenters. The molecule has 0 rings (SSSR count). The molecule has 63 heavy (non-hydrogen) atoms. The van der Waals surface area contributed by atoms with Gasteiger partial charge >= 0.3 is 95.3 Å². The highest BCUT2D eigenvalue weighted by Gasteiger charge is 2.97. The molecule has 0 radical (unpaired) electrons. The first-order chi connectivity index (χ1) is 27.0. The van der Waals surface area contributed by atoms with Crippen LogP contribution in [0.1, 0.15) is 32.1 Å². The lowest BCUT2D eigenvalue weighted by Crippen LogP contribution is -2.75. The van der Waals surface area contributed by atoms with Crippen molar-refractivity contribution in [2.24, 2.45) is 0 Å². The van der Waals surface area contributed by atoms with Crippen LogP contribution in [0, 0.1) is 0 Å². The topological polar surface area (TPSA) is 58.2 Å². The van der Waals surface area contributed by atoms with E-state index in [9.17, 15) is 159 Å². The number of carbonyl (C=O) groups excluding carboxylic acids is 2. The Kier molecular flexibility index (Phi) is 15.9. The minimum atomic E-state index is -9.00. The van der Waals surface area contributed by atoms with Crippen molar-refractivity contribution in [1.82, 2.24) is 10.6 Å². The van der Waals surface area contributed by atoms with Gasteiger partial charge in [-0.3, -0.25) is 9.59 Å². The first-order valence-electron chi connectivity index (χ1n) is 15.0. The summed E-state index contributed by atoms with van der Waals surface area (Å²) < 4.78 is 452. The summed E-state index contributed by atoms with van der Waals surface area (Å²) in [7, 11) is 0. The number of rotatable bonds is 22. The van der Waals surface area contributed by atoms with E-state index in [1.54, 1.807) is 0 Å². The molecule has 0 saturated heterocycles. The summed E-state index contributed by atoms with van der Waals surface area (Å²) in [6.07, 6.45) is -20.0. The number of unbranched alkanes of at least 4 members (excludes halogenated alkanes) is 4. The second-order valence-electron chi connectivity index (χ2n) is 12.3. The molecule has 0 aliphatic heterocycles. The highest BCUT2D eigenvalue weighted by Crippen LogP contribution is 2.66. The second-order valence-corrected chi connectivity index (χ2v) is 12.3. The Morgan fingerprint density at radius 2 is 0.397 bits per heavy atom. The van der Waals surface area contributed by atoms with E-state index in [0.717, 1.165) is 0 Å². The molecule has 0 atom stereocenters. The van der Waals surface area contributed by atoms with Gasteiger partial charge in [-0.2, -0.15) is 149 Å². The van der Waals surface area contributed by atoms with Gasteiger partial charge < -0.3 is 10.6 Å². The summed E-state index contributed by atoms with van der Waals surface area (Å²) in [4.78, 5) is 22.8. The maximum Gasteiger partial charge on any atom is 0.460 e. The largest absolute Gasteiger partial charge is 0.460 e. The van der Waals surface area contributed by atoms with Crippen molar-refractivity contribution in [3.05, 3.63) is 0 Å². The third-order valence-corrected chi connectivity index (χ3v) is 7.94. The second kappa shape index (κ2) is 16.8. The van der Waals surface area contributed by atoms with E-state index < -0.39 is 152 Å². The predicted molar refractivity (Wildman–Crippen MR) is 130 cm³/mol. The van der Waals surface area contributed by atoms with Gasteiger partial charge in [-0.15, -0.1) is 0 Å². The molecule has 0 saturated carbocycles. The van der Waals surface area contributed by atoms with Crippen LogP contribution in [-0.4, -0.2) is 120 Å². The number of amides is 2. The molecule has 0 aliphatic carbocycles. The normalized spacial score (nSPS) is 16.0. The zero-order chi connectivity index (χ0) is 51.5. The maximum atomic E-state index is 13.9. The quantitative estimate of drug-likeness (QED) is 0.0839. The van der Waals surface area contributed by atoms with Gasteiger partial charge in [0.1, 0.15) is 0 Å². The fourth-order valence-corrected chi connectivity index (χ4v) is 4.02. The zero-order valence-electron chi connectivity index (χ0n) is 28.6. The maximum absolute atomic E-state index is 13.9. The lowest BCUT2D eigenvalue weighted by Gasteiger charge is -2.42. The van der Waals surface area contributed by atoms with Crippen molar-refractivity contribution in [1.29, 1.82) is 0 Å². The molecule has 38 heteroatoms. The van der Waals surface area contributed by atoms with E-state index in [2.05, 4.69) is 0 Å². The van der Waals surface area contributed by atoms with Crippen LogP contribution in [0.2, 0.25) is 0 Å². The highest BCUT2D eigenvalue weighted by atomic mass is 19.4. The third-order valence-electron chi connectivity index (χ3n) is 7.94. The molecule has 0 fully saturated rings. The summed E-state index contributed by atoms with van der Waals surface area (Å²) in [6, 6.07) is 0. The van der Waals surface area contributed by atoms with Gasteiger partial charge in [0, 0.05) is 13.1 Å². The smallest absolute Gasteiger partial charge is 0.351 e. The molecule has 2 amide bonds. The zero-order valence-corrected chi connectivity index (χ0v) is 28.6. The highest BCUT2D eigenvalue weighted by molar-refractivity contribution is 5.85. The molecule has 0 spiro atoms. The van der Waals surface area contributed by atoms with E-state index in [0.29, 0.717) is 10.6 Å². The van der Waals surface area contributed by atoms with Crippen molar-refractivity contribution >= 4 is 11.8 Å². The van der Waals surface area contributed by atoms with Crippen LogP contribution in [0.3, 0.4) is 0 Å². The van der Waals surface area contributed by atoms with Crippen molar-refractivity contribution in [2.45, 2.75) is 127 Å². The SMILES string of the molecule is O=C(NCCCCCCCNC(=O)C(F)(F)C(F)(F)C(F)(F)C(F)(F)C(F)(F)C(F)(F)C(F)(F)C(F)(F)F)C(F)(F)C(F)(F)C(F)(F)C(F)(F)C(F)(F)C(F)(F)C(F)(F)C(F)(F)F. The Balaban J connectivity index is 5.65. The first kappa shape index (κ1) is 59.6. The summed E-state index contributed by atoms with van der Waals surface area (Å²) in [5.74, 6) is -128. The molecule has 4 nitrogen and oxygen atoms in total. The van der Waals surface area contributed by atoms with E-state index in [1.807, 2.05) is 0 Å². The molecule has 0 heterocycles. The molecule has 376 valence electrons. The van der Waals surface area contributed by atoms with Crippen LogP contribution in [0.15, 0.2) is 0 Å². The molecule has 0 aliphatic rings. The molecular weight excluding hydrogens is 1010 g/mol. The number of carbonyl (C=O) groups is 2. The number of nitrogens with one attached hydrogen (secondary N) is 2. The van der Waals surface area contributed by atoms with Crippen LogP contribution < -0.4 is 10.6 Å². The van der Waals surface area contributed by atoms with E-state index >= 15 is 0 Å². The summed E-state index contributed by atoms with van der Waals surface area (Å²) in [5, 5.41) is 1.03. The Morgan fingerprint density at radius 3 is 0.587 bits per heavy atom. The molecule has 0 aromatic heterocycles. The van der Waals surface area contributed by atoms with Crippen molar-refractivity contribution < 1.29 is 159 Å². The van der Waals surface area contributed by atoms with Crippen LogP contribution in [-0.2, 0) is 9.59 Å². The lowest BCUT2D eigenvalue weighted by molar-refractivity contribution is -0.459. The van der Waals surface area contributed by atoms with Gasteiger partial charge in [0.15, 0.2) is 0 Å². The summed E-state index contributed by atoms with van der Waals surface area (Å²) in [5.41, 5.74) is 0. The van der Waals surface area contributed by atoms with E-state index in [-0.39, 0.29) is 0 Å². The average molecular weight is 1020 g/mol. The van der Waals surface area contributed by atoms with Crippen LogP contribution in [0.25, 0.3) is 0 Å². The van der Waals surface area contributed by atoms with Gasteiger partial charge in [-0.1, -0.05) is 19.3 Å². The Hall–Kier alpha value is -3.44. The number of hydrogen-bond donors (Lipinski definition) is 2. The average Bonchev–Trinajstić information content (AvgIpc) is 3.08. The summed E-state index contributed by atoms with van der Waals surface area (Å²) >= 11 is 0. The molecule has 0 aromatic carbocycles. The third kappa shape index (κ3) is 8.72.